The third kappa shape index (κ3) is 1.82. The van der Waals surface area contributed by atoms with Crippen molar-refractivity contribution in [1.29, 1.82) is 0 Å². The Morgan fingerprint density at radius 1 is 0.786 bits per heavy atom. The average Bonchev–Trinajstić information content (AvgIpc) is 2.77. The van der Waals surface area contributed by atoms with Gasteiger partial charge in [0.1, 0.15) is 0 Å². The fraction of sp³-hybridized carbons (Fsp3) is 1.00. The maximum absolute atomic E-state index is 6.19. The molecule has 0 radical (unpaired) electrons. The summed E-state index contributed by atoms with van der Waals surface area (Å²) in [5, 5.41) is 3.67. The highest BCUT2D eigenvalue weighted by Crippen LogP contribution is 2.31. The van der Waals surface area contributed by atoms with Crippen molar-refractivity contribution in [3.63, 3.8) is 0 Å². The zero-order valence-electron chi connectivity index (χ0n) is 8.87. The lowest BCUT2D eigenvalue weighted by molar-refractivity contribution is -0.0314. The first-order valence-electron chi connectivity index (χ1n) is 6.31. The van der Waals surface area contributed by atoms with Crippen molar-refractivity contribution in [2.75, 3.05) is 0 Å². The second kappa shape index (κ2) is 3.82. The molecule has 3 rings (SSSR count). The van der Waals surface area contributed by atoms with Gasteiger partial charge in [0, 0.05) is 12.1 Å². The van der Waals surface area contributed by atoms with Gasteiger partial charge in [0.25, 0.3) is 0 Å². The van der Waals surface area contributed by atoms with Crippen molar-refractivity contribution < 1.29 is 4.74 Å². The van der Waals surface area contributed by atoms with Crippen molar-refractivity contribution in [3.8, 4) is 0 Å². The second-order valence-electron chi connectivity index (χ2n) is 5.27. The molecule has 0 aromatic heterocycles. The third-order valence-electron chi connectivity index (χ3n) is 4.12. The largest absolute Gasteiger partial charge is 0.375 e. The molecule has 0 aromatic carbocycles. The maximum atomic E-state index is 6.19. The number of nitrogens with one attached hydrogen (secondary N) is 1. The summed E-state index contributed by atoms with van der Waals surface area (Å²) in [6, 6.07) is 1.56. The van der Waals surface area contributed by atoms with E-state index in [1.54, 1.807) is 0 Å². The first-order valence-corrected chi connectivity index (χ1v) is 6.31. The molecule has 1 N–H and O–H groups in total. The van der Waals surface area contributed by atoms with Crippen molar-refractivity contribution in [2.45, 2.75) is 75.7 Å². The number of hydrogen-bond donors (Lipinski definition) is 1. The van der Waals surface area contributed by atoms with Crippen LogP contribution in [0.15, 0.2) is 0 Å². The number of piperidine rings is 1. The third-order valence-corrected chi connectivity index (χ3v) is 4.12. The van der Waals surface area contributed by atoms with Crippen LogP contribution in [0, 0.1) is 0 Å². The van der Waals surface area contributed by atoms with Crippen LogP contribution in [0.4, 0.5) is 0 Å². The molecule has 2 nitrogen and oxygen atoms in total. The minimum atomic E-state index is 0.580. The van der Waals surface area contributed by atoms with Gasteiger partial charge < -0.3 is 10.1 Å². The number of rotatable bonds is 2. The molecule has 80 valence electrons. The Hall–Kier alpha value is -0.0800. The lowest BCUT2D eigenvalue weighted by atomic mass is 10.0. The van der Waals surface area contributed by atoms with Crippen LogP contribution in [-0.4, -0.2) is 24.3 Å². The summed E-state index contributed by atoms with van der Waals surface area (Å²) in [5.74, 6) is 0. The topological polar surface area (TPSA) is 21.3 Å². The van der Waals surface area contributed by atoms with Gasteiger partial charge in [-0.25, -0.2) is 0 Å². The molecule has 0 spiro atoms. The zero-order chi connectivity index (χ0) is 9.38. The van der Waals surface area contributed by atoms with Crippen LogP contribution in [0.5, 0.6) is 0 Å². The van der Waals surface area contributed by atoms with E-state index in [1.807, 2.05) is 0 Å². The van der Waals surface area contributed by atoms with Gasteiger partial charge in [0.15, 0.2) is 0 Å². The monoisotopic (exact) mass is 195 g/mol. The highest BCUT2D eigenvalue weighted by molar-refractivity contribution is 4.93. The maximum Gasteiger partial charge on any atom is 0.0608 e. The van der Waals surface area contributed by atoms with Crippen LogP contribution in [0.2, 0.25) is 0 Å². The molecule has 14 heavy (non-hydrogen) atoms. The predicted molar refractivity (Wildman–Crippen MR) is 56.3 cm³/mol. The SMILES string of the molecule is C1CCC(OC2CC3CCC(C2)N3)C1. The fourth-order valence-corrected chi connectivity index (χ4v) is 3.41. The van der Waals surface area contributed by atoms with Gasteiger partial charge in [-0.1, -0.05) is 12.8 Å². The molecule has 3 aliphatic rings. The molecule has 2 unspecified atom stereocenters. The lowest BCUT2D eigenvalue weighted by Crippen LogP contribution is -2.42. The van der Waals surface area contributed by atoms with E-state index in [0.29, 0.717) is 12.2 Å². The minimum Gasteiger partial charge on any atom is -0.375 e. The summed E-state index contributed by atoms with van der Waals surface area (Å²) in [6.45, 7) is 0. The van der Waals surface area contributed by atoms with Gasteiger partial charge in [-0.3, -0.25) is 0 Å². The van der Waals surface area contributed by atoms with E-state index in [4.69, 9.17) is 4.74 Å². The highest BCUT2D eigenvalue weighted by atomic mass is 16.5. The molecule has 2 atom stereocenters. The molecule has 2 aliphatic heterocycles. The van der Waals surface area contributed by atoms with Crippen molar-refractivity contribution in [3.05, 3.63) is 0 Å². The Morgan fingerprint density at radius 3 is 2.07 bits per heavy atom. The predicted octanol–water partition coefficient (Wildman–Crippen LogP) is 2.23. The number of fused-ring (bicyclic) bond motifs is 2. The second-order valence-corrected chi connectivity index (χ2v) is 5.27. The smallest absolute Gasteiger partial charge is 0.0608 e. The molecule has 1 aliphatic carbocycles. The average molecular weight is 195 g/mol. The lowest BCUT2D eigenvalue weighted by Gasteiger charge is -2.31. The zero-order valence-corrected chi connectivity index (χ0v) is 8.87. The van der Waals surface area contributed by atoms with E-state index in [0.717, 1.165) is 12.1 Å². The molecular formula is C12H21NO. The molecule has 1 saturated carbocycles. The fourth-order valence-electron chi connectivity index (χ4n) is 3.41. The van der Waals surface area contributed by atoms with Crippen LogP contribution in [-0.2, 0) is 4.74 Å². The Balaban J connectivity index is 1.53. The van der Waals surface area contributed by atoms with Crippen molar-refractivity contribution >= 4 is 0 Å². The van der Waals surface area contributed by atoms with Crippen molar-refractivity contribution in [2.24, 2.45) is 0 Å². The van der Waals surface area contributed by atoms with Gasteiger partial charge in [0.05, 0.1) is 12.2 Å². The van der Waals surface area contributed by atoms with Gasteiger partial charge in [0.2, 0.25) is 0 Å². The van der Waals surface area contributed by atoms with Crippen LogP contribution in [0.25, 0.3) is 0 Å². The molecule has 2 heterocycles. The van der Waals surface area contributed by atoms with Gasteiger partial charge >= 0.3 is 0 Å². The summed E-state index contributed by atoms with van der Waals surface area (Å²) in [4.78, 5) is 0. The Kier molecular flexibility index (Phi) is 2.50. The number of ether oxygens (including phenoxy) is 1. The van der Waals surface area contributed by atoms with Gasteiger partial charge in [-0.05, 0) is 38.5 Å². The van der Waals surface area contributed by atoms with E-state index in [9.17, 15) is 0 Å². The number of hydrogen-bond acceptors (Lipinski definition) is 2. The summed E-state index contributed by atoms with van der Waals surface area (Å²) < 4.78 is 6.19. The Morgan fingerprint density at radius 2 is 1.43 bits per heavy atom. The summed E-state index contributed by atoms with van der Waals surface area (Å²) in [5.41, 5.74) is 0. The standard InChI is InChI=1S/C12H21NO/c1-2-4-11(3-1)14-12-7-9-5-6-10(8-12)13-9/h9-13H,1-8H2. The normalized spacial score (nSPS) is 43.3. The molecular weight excluding hydrogens is 174 g/mol. The van der Waals surface area contributed by atoms with E-state index in [1.165, 1.54) is 51.4 Å². The van der Waals surface area contributed by atoms with E-state index in [2.05, 4.69) is 5.32 Å². The van der Waals surface area contributed by atoms with Crippen molar-refractivity contribution in [1.82, 2.24) is 5.32 Å². The Labute approximate surface area is 86.4 Å². The molecule has 2 heteroatoms. The first kappa shape index (κ1) is 9.17. The van der Waals surface area contributed by atoms with E-state index in [-0.39, 0.29) is 0 Å². The quantitative estimate of drug-likeness (QED) is 0.729. The van der Waals surface area contributed by atoms with Crippen LogP contribution in [0.1, 0.15) is 51.4 Å². The van der Waals surface area contributed by atoms with Gasteiger partial charge in [-0.2, -0.15) is 0 Å². The molecule has 3 fully saturated rings. The minimum absolute atomic E-state index is 0.580. The summed E-state index contributed by atoms with van der Waals surface area (Å²) in [6.07, 6.45) is 11.9. The molecule has 0 aromatic rings. The Bertz CT molecular complexity index is 188. The summed E-state index contributed by atoms with van der Waals surface area (Å²) >= 11 is 0. The first-order chi connectivity index (χ1) is 6.90. The van der Waals surface area contributed by atoms with Crippen LogP contribution >= 0.6 is 0 Å². The van der Waals surface area contributed by atoms with Crippen LogP contribution in [0.3, 0.4) is 0 Å². The summed E-state index contributed by atoms with van der Waals surface area (Å²) in [7, 11) is 0. The molecule has 0 amide bonds. The van der Waals surface area contributed by atoms with Gasteiger partial charge in [-0.15, -0.1) is 0 Å². The van der Waals surface area contributed by atoms with E-state index >= 15 is 0 Å². The molecule has 2 bridgehead atoms. The van der Waals surface area contributed by atoms with E-state index < -0.39 is 0 Å². The van der Waals surface area contributed by atoms with Crippen LogP contribution < -0.4 is 5.32 Å². The molecule has 2 saturated heterocycles. The highest BCUT2D eigenvalue weighted by Gasteiger charge is 2.35.